The fourth-order valence-corrected chi connectivity index (χ4v) is 8.54. The topological polar surface area (TPSA) is 74.8 Å². The van der Waals surface area contributed by atoms with E-state index in [2.05, 4.69) is 76.5 Å². The van der Waals surface area contributed by atoms with E-state index in [0.717, 1.165) is 56.0 Å². The van der Waals surface area contributed by atoms with E-state index in [9.17, 15) is 19.2 Å². The van der Waals surface area contributed by atoms with Crippen molar-refractivity contribution < 1.29 is 19.2 Å². The van der Waals surface area contributed by atoms with Gasteiger partial charge in [-0.05, 0) is 113 Å². The molecule has 0 heterocycles. The number of carbonyl (C=O) groups excluding carboxylic acids is 4. The van der Waals surface area contributed by atoms with Gasteiger partial charge in [0.05, 0.1) is 11.1 Å². The molecule has 9 aromatic rings. The van der Waals surface area contributed by atoms with Crippen molar-refractivity contribution in [2.45, 2.75) is 0 Å². The van der Waals surface area contributed by atoms with Crippen LogP contribution >= 0.6 is 0 Å². The SMILES string of the molecule is O=C1C(=Cc2ccc(N(c3ccccc3)c3ccccc3)cc2)C(=O)c2ccccc21.O=C1C(=Cc2ccc3cc(N(c4ccccc4)c4ccccc4)ccc3c2)C(=O)c2ccccc21. The third-order valence-corrected chi connectivity index (χ3v) is 11.7. The molecule has 0 fully saturated rings. The molecule has 0 spiro atoms. The lowest BCUT2D eigenvalue weighted by Gasteiger charge is -2.25. The Balaban J connectivity index is 0.000000156. The molecule has 0 bridgehead atoms. The van der Waals surface area contributed by atoms with Crippen LogP contribution in [0.1, 0.15) is 52.6 Å². The molecule has 0 aliphatic heterocycles. The molecular formula is C60H40N2O4. The number of ketones is 4. The van der Waals surface area contributed by atoms with Crippen molar-refractivity contribution in [3.05, 3.63) is 275 Å². The first-order chi connectivity index (χ1) is 32.4. The molecule has 11 rings (SSSR count). The van der Waals surface area contributed by atoms with Crippen molar-refractivity contribution in [1.82, 2.24) is 0 Å². The third kappa shape index (κ3) is 8.07. The number of anilines is 6. The van der Waals surface area contributed by atoms with E-state index in [4.69, 9.17) is 0 Å². The zero-order valence-electron chi connectivity index (χ0n) is 35.6. The van der Waals surface area contributed by atoms with Crippen molar-refractivity contribution in [2.75, 3.05) is 9.80 Å². The molecule has 0 saturated carbocycles. The normalized spacial score (nSPS) is 12.6. The molecule has 9 aromatic carbocycles. The Kier molecular flexibility index (Phi) is 11.2. The Morgan fingerprint density at radius 3 is 0.955 bits per heavy atom. The number of rotatable bonds is 8. The van der Waals surface area contributed by atoms with E-state index in [-0.39, 0.29) is 34.3 Å². The second-order valence-corrected chi connectivity index (χ2v) is 15.9. The van der Waals surface area contributed by atoms with Gasteiger partial charge in [0.2, 0.25) is 0 Å². The van der Waals surface area contributed by atoms with Gasteiger partial charge in [-0.25, -0.2) is 0 Å². The van der Waals surface area contributed by atoms with E-state index >= 15 is 0 Å². The van der Waals surface area contributed by atoms with Crippen molar-refractivity contribution in [1.29, 1.82) is 0 Å². The van der Waals surface area contributed by atoms with Crippen LogP contribution in [0.3, 0.4) is 0 Å². The maximum Gasteiger partial charge on any atom is 0.197 e. The van der Waals surface area contributed by atoms with Crippen molar-refractivity contribution in [2.24, 2.45) is 0 Å². The summed E-state index contributed by atoms with van der Waals surface area (Å²) < 4.78 is 0. The zero-order chi connectivity index (χ0) is 45.0. The number of benzene rings is 9. The smallest absolute Gasteiger partial charge is 0.197 e. The van der Waals surface area contributed by atoms with Gasteiger partial charge in [-0.1, -0.05) is 152 Å². The Labute approximate surface area is 382 Å². The monoisotopic (exact) mass is 852 g/mol. The number of nitrogens with zero attached hydrogens (tertiary/aromatic N) is 2. The standard InChI is InChI=1S/C32H21NO2.C28H19NO2/c34-31-28-13-7-8-14-29(28)32(35)30(31)20-22-15-16-24-21-27(18-17-23(24)19-22)33(25-9-3-1-4-10-25)26-11-5-2-6-12-26;30-27-24-13-7-8-14-25(24)28(31)26(27)19-20-15-17-23(18-16-20)29(21-9-3-1-4-10-21)22-11-5-2-6-12-22/h1-21H;1-19H. The van der Waals surface area contributed by atoms with Crippen LogP contribution in [0.2, 0.25) is 0 Å². The molecule has 0 N–H and O–H groups in total. The Morgan fingerprint density at radius 2 is 0.545 bits per heavy atom. The van der Waals surface area contributed by atoms with Gasteiger partial charge in [-0.15, -0.1) is 0 Å². The highest BCUT2D eigenvalue weighted by atomic mass is 16.2. The van der Waals surface area contributed by atoms with E-state index < -0.39 is 0 Å². The summed E-state index contributed by atoms with van der Waals surface area (Å²) in [5, 5.41) is 2.12. The number of carbonyl (C=O) groups is 4. The summed E-state index contributed by atoms with van der Waals surface area (Å²) in [4.78, 5) is 55.2. The first-order valence-corrected chi connectivity index (χ1v) is 21.7. The number of hydrogen-bond acceptors (Lipinski definition) is 6. The molecule has 0 radical (unpaired) electrons. The van der Waals surface area contributed by atoms with Gasteiger partial charge in [-0.3, -0.25) is 19.2 Å². The van der Waals surface area contributed by atoms with Gasteiger partial charge in [0.25, 0.3) is 0 Å². The van der Waals surface area contributed by atoms with E-state index in [1.54, 1.807) is 60.7 Å². The highest BCUT2D eigenvalue weighted by molar-refractivity contribution is 6.42. The predicted molar refractivity (Wildman–Crippen MR) is 266 cm³/mol. The molecule has 0 unspecified atom stereocenters. The van der Waals surface area contributed by atoms with Crippen LogP contribution in [0.25, 0.3) is 22.9 Å². The van der Waals surface area contributed by atoms with Gasteiger partial charge in [0.1, 0.15) is 0 Å². The first kappa shape index (κ1) is 41.0. The number of fused-ring (bicyclic) bond motifs is 3. The van der Waals surface area contributed by atoms with Gasteiger partial charge in [-0.2, -0.15) is 0 Å². The van der Waals surface area contributed by atoms with Crippen molar-refractivity contribution in [3.63, 3.8) is 0 Å². The highest BCUT2D eigenvalue weighted by Crippen LogP contribution is 2.38. The summed E-state index contributed by atoms with van der Waals surface area (Å²) in [6.45, 7) is 0. The molecule has 66 heavy (non-hydrogen) atoms. The number of para-hydroxylation sites is 4. The average Bonchev–Trinajstić information content (AvgIpc) is 3.76. The summed E-state index contributed by atoms with van der Waals surface area (Å²) in [7, 11) is 0. The molecule has 6 nitrogen and oxygen atoms in total. The zero-order valence-corrected chi connectivity index (χ0v) is 35.6. The van der Waals surface area contributed by atoms with Crippen LogP contribution < -0.4 is 9.80 Å². The summed E-state index contributed by atoms with van der Waals surface area (Å²) >= 11 is 0. The molecule has 0 aromatic heterocycles. The van der Waals surface area contributed by atoms with Crippen LogP contribution in [0, 0.1) is 0 Å². The van der Waals surface area contributed by atoms with Crippen LogP contribution in [0.4, 0.5) is 34.1 Å². The first-order valence-electron chi connectivity index (χ1n) is 21.7. The summed E-state index contributed by atoms with van der Waals surface area (Å²) in [6, 6.07) is 75.1. The minimum atomic E-state index is -0.208. The lowest BCUT2D eigenvalue weighted by molar-refractivity contribution is 0.0975. The van der Waals surface area contributed by atoms with E-state index in [1.807, 2.05) is 115 Å². The number of hydrogen-bond donors (Lipinski definition) is 0. The molecule has 6 heteroatoms. The molecule has 2 aliphatic carbocycles. The largest absolute Gasteiger partial charge is 0.311 e. The highest BCUT2D eigenvalue weighted by Gasteiger charge is 2.33. The minimum Gasteiger partial charge on any atom is -0.311 e. The van der Waals surface area contributed by atoms with Crippen LogP contribution in [0.5, 0.6) is 0 Å². The predicted octanol–water partition coefficient (Wildman–Crippen LogP) is 14.4. The Bertz CT molecular complexity index is 3210. The molecule has 0 saturated heterocycles. The fourth-order valence-electron chi connectivity index (χ4n) is 8.54. The summed E-state index contributed by atoms with van der Waals surface area (Å²) in [6.07, 6.45) is 3.39. The number of Topliss-reactive ketones (excluding diaryl/α,β-unsaturated/α-hetero) is 4. The molecule has 314 valence electrons. The third-order valence-electron chi connectivity index (χ3n) is 11.7. The van der Waals surface area contributed by atoms with Crippen LogP contribution in [0.15, 0.2) is 242 Å². The molecule has 2 aliphatic rings. The van der Waals surface area contributed by atoms with Crippen LogP contribution in [-0.2, 0) is 0 Å². The number of allylic oxidation sites excluding steroid dienone is 2. The quantitative estimate of drug-likeness (QED) is 0.112. The van der Waals surface area contributed by atoms with Crippen molar-refractivity contribution >= 4 is 80.2 Å². The second kappa shape index (κ2) is 18.0. The second-order valence-electron chi connectivity index (χ2n) is 15.9. The molecule has 0 amide bonds. The summed E-state index contributed by atoms with van der Waals surface area (Å²) in [5.74, 6) is -0.829. The molecule has 0 atom stereocenters. The fraction of sp³-hybridized carbons (Fsp3) is 0. The van der Waals surface area contributed by atoms with Crippen LogP contribution in [-0.4, -0.2) is 23.1 Å². The molecular weight excluding hydrogens is 813 g/mol. The lowest BCUT2D eigenvalue weighted by atomic mass is 10.0. The van der Waals surface area contributed by atoms with E-state index in [0.29, 0.717) is 22.3 Å². The van der Waals surface area contributed by atoms with Gasteiger partial charge in [0, 0.05) is 56.4 Å². The Morgan fingerprint density at radius 1 is 0.258 bits per heavy atom. The summed E-state index contributed by atoms with van der Waals surface area (Å²) in [5.41, 5.74) is 10.3. The van der Waals surface area contributed by atoms with Crippen molar-refractivity contribution in [3.8, 4) is 0 Å². The van der Waals surface area contributed by atoms with Gasteiger partial charge < -0.3 is 9.80 Å². The minimum absolute atomic E-state index is 0.206. The maximum absolute atomic E-state index is 12.8. The van der Waals surface area contributed by atoms with Gasteiger partial charge in [0.15, 0.2) is 23.1 Å². The van der Waals surface area contributed by atoms with Gasteiger partial charge >= 0.3 is 0 Å². The average molecular weight is 853 g/mol. The maximum atomic E-state index is 12.8. The Hall–Kier alpha value is -9.00. The van der Waals surface area contributed by atoms with E-state index in [1.165, 1.54) is 0 Å². The lowest BCUT2D eigenvalue weighted by Crippen LogP contribution is -2.09.